The Balaban J connectivity index is 0.000000311. The highest BCUT2D eigenvalue weighted by atomic mass is 127. The zero-order valence-corrected chi connectivity index (χ0v) is 114. The number of hydrogen-bond acceptors (Lipinski definition) is 35. The third-order valence-electron chi connectivity index (χ3n) is 18.3. The Morgan fingerprint density at radius 2 is 0.596 bits per heavy atom. The van der Waals surface area contributed by atoms with E-state index in [1.54, 1.807) is 103 Å². The molecule has 8 aromatic carbocycles. The maximum Gasteiger partial charge on any atom is 0.426 e. The first-order valence-corrected chi connectivity index (χ1v) is 66.3. The summed E-state index contributed by atoms with van der Waals surface area (Å²) in [5.41, 5.74) is 1.72. The largest absolute Gasteiger partial charge is 0.748 e. The first-order chi connectivity index (χ1) is 67.3. The van der Waals surface area contributed by atoms with E-state index in [2.05, 4.69) is 46.3 Å². The molecule has 2 aliphatic carbocycles. The van der Waals surface area contributed by atoms with Crippen LogP contribution in [0.25, 0.3) is 0 Å². The number of esters is 10. The molecule has 6 unspecified atom stereocenters. The molecule has 0 N–H and O–H groups in total. The fourth-order valence-corrected chi connectivity index (χ4v) is 27.5. The van der Waals surface area contributed by atoms with Crippen molar-refractivity contribution in [1.29, 1.82) is 0 Å². The maximum absolute atomic E-state index is 14.0. The summed E-state index contributed by atoms with van der Waals surface area (Å²) in [6, 6.07) is 36.7. The molecule has 0 spiro atoms. The lowest BCUT2D eigenvalue weighted by Gasteiger charge is -2.39. The number of hydrogen-bond donors (Lipinski definition) is 0. The fraction of sp³-hybridized carbons (Fsp3) is 0.293. The maximum atomic E-state index is 14.0. The number of carbonyl (C=O) groups excluding carboxylic acids is 10. The molecule has 0 heterocycles. The van der Waals surface area contributed by atoms with Crippen molar-refractivity contribution in [3.63, 3.8) is 0 Å². The standard InChI is InChI=1S/C31H18F3I9O11S.C24H17F3I6O9S.3C9H9IO5S/c32-31(33,34)22(9-55(48,49)50)54-30(47)23-20(52-28(45)15-2-11(36)5-18(39)25(15)42)7-13(51-27(44)14-1-10(35)4-17(38)24(14)41)8-21(23)53-29(46)16-3-12(37)6-19(40)26(16)43;25-24(26,27)18(8-43(37,38)39)42-21(34)9-1-12(40-22(35)14-3-10(28)5-16(30)19(14)32)7-13(2-9)41-23(36)15-4-11(29)6-17(31)20(15)33;10-8-3-1-7(2-4-8)9(11)15-5-6-16(12,13)14;10-8-3-1-2-7(6-8)9(11)15-4-5-16(12,13)14;10-8-4-2-1-3-7(8)9(11)15-5-6-16(12,13)14/h1-6,13,20-23H,7-9H2,(H,48,49,50);3-6,9,12-13,18H,1-2,7-8H2,(H,37,38,39);1-4H,5-6H2,(H,12,13,14);1-3,6H,4-5H2,(H,12,13,14);1-4H,5-6H2,(H,12,13,14)/p-5. The van der Waals surface area contributed by atoms with Crippen molar-refractivity contribution in [2.45, 2.75) is 87.2 Å². The molecular formula is C82H57F6I18O35S5-5. The van der Waals surface area contributed by atoms with Gasteiger partial charge in [0.05, 0.1) is 130 Å². The molecule has 10 rings (SSSR count). The minimum absolute atomic E-state index is 0.0354. The molecule has 146 heavy (non-hydrogen) atoms. The Labute approximate surface area is 1070 Å². The summed E-state index contributed by atoms with van der Waals surface area (Å²) >= 11 is 35.9. The molecule has 2 fully saturated rings. The summed E-state index contributed by atoms with van der Waals surface area (Å²) < 4.78 is 306. The predicted octanol–water partition coefficient (Wildman–Crippen LogP) is 19.4. The van der Waals surface area contributed by atoms with Crippen LogP contribution in [0.2, 0.25) is 0 Å². The van der Waals surface area contributed by atoms with Crippen molar-refractivity contribution in [1.82, 2.24) is 0 Å². The Kier molecular flexibility index (Phi) is 57.0. The summed E-state index contributed by atoms with van der Waals surface area (Å²) in [5.74, 6) is -19.2. The first-order valence-electron chi connectivity index (χ1n) is 39.0. The van der Waals surface area contributed by atoms with Gasteiger partial charge in [-0.2, -0.15) is 26.3 Å². The second kappa shape index (κ2) is 61.5. The van der Waals surface area contributed by atoms with E-state index < -0.39 is 239 Å². The highest BCUT2D eigenvalue weighted by molar-refractivity contribution is 14.1. The molecular weight excluding hydrogens is 4100 g/mol. The van der Waals surface area contributed by atoms with E-state index in [1.807, 2.05) is 402 Å². The average molecular weight is 4160 g/mol. The molecule has 0 aliphatic heterocycles. The first kappa shape index (κ1) is 135. The van der Waals surface area contributed by atoms with Gasteiger partial charge in [0.2, 0.25) is 12.2 Å². The average Bonchev–Trinajstić information content (AvgIpc) is 0.776. The van der Waals surface area contributed by atoms with Crippen LogP contribution in [0, 0.1) is 76.1 Å². The summed E-state index contributed by atoms with van der Waals surface area (Å²) in [7, 11) is -24.0. The van der Waals surface area contributed by atoms with E-state index in [9.17, 15) is 139 Å². The van der Waals surface area contributed by atoms with Gasteiger partial charge in [-0.15, -0.1) is 0 Å². The Hall–Kier alpha value is 0.730. The normalized spacial score (nSPS) is 16.8. The van der Waals surface area contributed by atoms with Crippen molar-refractivity contribution >= 4 is 517 Å². The lowest BCUT2D eigenvalue weighted by molar-refractivity contribution is -0.223. The number of carbonyl (C=O) groups is 10. The van der Waals surface area contributed by atoms with Crippen LogP contribution in [0.3, 0.4) is 0 Å². The van der Waals surface area contributed by atoms with Gasteiger partial charge in [-0.25, -0.2) is 80.4 Å². The van der Waals surface area contributed by atoms with Crippen molar-refractivity contribution in [2.75, 3.05) is 48.6 Å². The van der Waals surface area contributed by atoms with Crippen LogP contribution >= 0.6 is 407 Å². The lowest BCUT2D eigenvalue weighted by atomic mass is 9.81. The van der Waals surface area contributed by atoms with E-state index >= 15 is 0 Å². The van der Waals surface area contributed by atoms with Crippen molar-refractivity contribution in [3.8, 4) is 0 Å². The summed E-state index contributed by atoms with van der Waals surface area (Å²) in [6.07, 6.45) is -26.0. The van der Waals surface area contributed by atoms with Crippen molar-refractivity contribution < 1.29 is 187 Å². The lowest BCUT2D eigenvalue weighted by Crippen LogP contribution is -2.53. The quantitative estimate of drug-likeness (QED) is 0.0101. The van der Waals surface area contributed by atoms with E-state index in [4.69, 9.17) is 23.7 Å². The van der Waals surface area contributed by atoms with Crippen LogP contribution in [-0.4, -0.2) is 228 Å². The molecule has 0 saturated heterocycles. The van der Waals surface area contributed by atoms with Crippen LogP contribution in [0.4, 0.5) is 26.3 Å². The Morgan fingerprint density at radius 3 is 0.904 bits per heavy atom. The summed E-state index contributed by atoms with van der Waals surface area (Å²) in [4.78, 5) is 128. The predicted molar refractivity (Wildman–Crippen MR) is 652 cm³/mol. The minimum Gasteiger partial charge on any atom is -0.748 e. The number of halogens is 24. The van der Waals surface area contributed by atoms with Crippen molar-refractivity contribution in [3.05, 3.63) is 242 Å². The van der Waals surface area contributed by atoms with Gasteiger partial charge < -0.3 is 70.1 Å². The van der Waals surface area contributed by atoms with Crippen LogP contribution in [-0.2, 0) is 108 Å². The molecule has 0 aromatic heterocycles. The van der Waals surface area contributed by atoms with Gasteiger partial charge in [-0.05, 0) is 535 Å². The third kappa shape index (κ3) is 47.6. The molecule has 0 radical (unpaired) electrons. The summed E-state index contributed by atoms with van der Waals surface area (Å²) in [5, 5.41) is 0. The fourth-order valence-electron chi connectivity index (χ4n) is 12.0. The molecule has 0 amide bonds. The van der Waals surface area contributed by atoms with Gasteiger partial charge in [-0.3, -0.25) is 9.59 Å². The highest BCUT2D eigenvalue weighted by Crippen LogP contribution is 2.41. The smallest absolute Gasteiger partial charge is 0.426 e. The van der Waals surface area contributed by atoms with Gasteiger partial charge in [-0.1, -0.05) is 18.2 Å². The van der Waals surface area contributed by atoms with E-state index in [0.717, 1.165) is 25.0 Å². The van der Waals surface area contributed by atoms with Crippen LogP contribution in [0.15, 0.2) is 133 Å². The second-order valence-corrected chi connectivity index (χ2v) is 57.7. The number of benzene rings is 8. The number of rotatable bonds is 30. The van der Waals surface area contributed by atoms with E-state index in [-0.39, 0.29) is 47.1 Å². The van der Waals surface area contributed by atoms with Crippen molar-refractivity contribution in [2.24, 2.45) is 11.8 Å². The number of alkyl halides is 6. The minimum atomic E-state index is -5.59. The van der Waals surface area contributed by atoms with E-state index in [1.165, 1.54) is 12.1 Å². The molecule has 0 bridgehead atoms. The topological polar surface area (TPSA) is 549 Å². The third-order valence-corrected chi connectivity index (χ3v) is 42.4. The van der Waals surface area contributed by atoms with Gasteiger partial charge in [0.15, 0.2) is 0 Å². The molecule has 35 nitrogen and oxygen atoms in total. The Bertz CT molecular complexity index is 6670. The Morgan fingerprint density at radius 1 is 0.295 bits per heavy atom. The molecule has 798 valence electrons. The van der Waals surface area contributed by atoms with Gasteiger partial charge in [0, 0.05) is 83.5 Å². The molecule has 2 aliphatic rings. The molecule has 64 heteroatoms. The summed E-state index contributed by atoms with van der Waals surface area (Å²) in [6.45, 7) is -1.26. The SMILES string of the molecule is O=C(OC1CC(OC(=O)c2cc(I)cc(I)c2I)C(C(=O)OC(CS(=O)(=O)[O-])C(F)(F)F)C(OC(=O)c2cc(I)cc(I)c2I)C1)c1cc(I)cc(I)c1I.O=C(OC1CC(OC(=O)c2cc(I)cc(I)c2I)CC(C(=O)OC(CS(=O)(=O)[O-])C(F)(F)F)C1)c1cc(I)cc(I)c1I.O=C(OCCS(=O)(=O)[O-])c1ccc(I)cc1.O=C(OCCS(=O)(=O)[O-])c1cccc(I)c1.O=C(OCCS(=O)(=O)[O-])c1ccccc1I. The zero-order valence-electron chi connectivity index (χ0n) is 71.5. The van der Waals surface area contributed by atoms with Gasteiger partial charge in [0.25, 0.3) is 0 Å². The number of ether oxygens (including phenoxy) is 10. The van der Waals surface area contributed by atoms with Gasteiger partial charge >= 0.3 is 72.0 Å². The highest BCUT2D eigenvalue weighted by Gasteiger charge is 2.53. The van der Waals surface area contributed by atoms with Crippen LogP contribution in [0.5, 0.6) is 0 Å². The molecule has 8 aromatic rings. The van der Waals surface area contributed by atoms with Gasteiger partial charge in [0.1, 0.15) is 56.3 Å². The molecule has 6 atom stereocenters. The van der Waals surface area contributed by atoms with Crippen LogP contribution < -0.4 is 0 Å². The van der Waals surface area contributed by atoms with Crippen LogP contribution in [0.1, 0.15) is 115 Å². The monoisotopic (exact) mass is 4160 g/mol. The molecule has 2 saturated carbocycles. The zero-order chi connectivity index (χ0) is 110. The second-order valence-electron chi connectivity index (χ2n) is 29.2. The van der Waals surface area contributed by atoms with E-state index in [0.29, 0.717) is 56.0 Å².